The highest BCUT2D eigenvalue weighted by Gasteiger charge is 2.34. The summed E-state index contributed by atoms with van der Waals surface area (Å²) in [6.07, 6.45) is -3.76. The second-order valence-electron chi connectivity index (χ2n) is 7.61. The van der Waals surface area contributed by atoms with Crippen molar-refractivity contribution in [1.29, 1.82) is 0 Å². The van der Waals surface area contributed by atoms with Crippen LogP contribution in [0.5, 0.6) is 0 Å². The van der Waals surface area contributed by atoms with Crippen LogP contribution in [0.3, 0.4) is 0 Å². The van der Waals surface area contributed by atoms with Crippen LogP contribution in [0.1, 0.15) is 24.5 Å². The molecule has 0 aromatic heterocycles. The third kappa shape index (κ3) is 7.49. The van der Waals surface area contributed by atoms with Gasteiger partial charge in [-0.1, -0.05) is 42.3 Å². The molecule has 2 aromatic rings. The van der Waals surface area contributed by atoms with Crippen LogP contribution in [0.4, 0.5) is 18.9 Å². The standard InChI is InChI=1S/C22H24Cl2F3N3O4S/c1-4-19(21(32)28-2)29(12-14-8-9-16(23)11-18(14)24)20(31)13-30(35(3,33)34)17-7-5-6-15(10-17)22(25,26)27/h5-11,19H,4,12-13H2,1-3H3,(H,28,32). The van der Waals surface area contributed by atoms with Gasteiger partial charge in [-0.2, -0.15) is 13.2 Å². The van der Waals surface area contributed by atoms with Gasteiger partial charge >= 0.3 is 6.18 Å². The number of hydrogen-bond acceptors (Lipinski definition) is 4. The van der Waals surface area contributed by atoms with Crippen LogP contribution >= 0.6 is 23.2 Å². The normalized spacial score (nSPS) is 12.7. The number of rotatable bonds is 9. The van der Waals surface area contributed by atoms with Crippen molar-refractivity contribution >= 4 is 50.7 Å². The summed E-state index contributed by atoms with van der Waals surface area (Å²) in [4.78, 5) is 27.1. The molecular weight excluding hydrogens is 530 g/mol. The number of carbonyl (C=O) groups is 2. The van der Waals surface area contributed by atoms with Crippen LogP contribution in [0.25, 0.3) is 0 Å². The maximum atomic E-state index is 13.4. The average Bonchev–Trinajstić information content (AvgIpc) is 2.77. The fourth-order valence-corrected chi connectivity index (χ4v) is 4.68. The van der Waals surface area contributed by atoms with E-state index in [0.717, 1.165) is 29.4 Å². The molecule has 2 rings (SSSR count). The van der Waals surface area contributed by atoms with Gasteiger partial charge in [0.1, 0.15) is 12.6 Å². The van der Waals surface area contributed by atoms with Crippen molar-refractivity contribution in [2.75, 3.05) is 24.2 Å². The van der Waals surface area contributed by atoms with Crippen molar-refractivity contribution in [3.63, 3.8) is 0 Å². The third-order valence-corrected chi connectivity index (χ3v) is 6.86. The molecule has 0 aliphatic heterocycles. The zero-order chi connectivity index (χ0) is 26.6. The molecule has 0 aliphatic rings. The minimum absolute atomic E-state index is 0.166. The molecule has 7 nitrogen and oxygen atoms in total. The Morgan fingerprint density at radius 1 is 1.11 bits per heavy atom. The largest absolute Gasteiger partial charge is 0.416 e. The maximum absolute atomic E-state index is 13.4. The number of anilines is 1. The zero-order valence-corrected chi connectivity index (χ0v) is 21.4. The summed E-state index contributed by atoms with van der Waals surface area (Å²) in [6, 6.07) is 7.19. The van der Waals surface area contributed by atoms with Crippen LogP contribution in [0.2, 0.25) is 10.0 Å². The van der Waals surface area contributed by atoms with E-state index in [4.69, 9.17) is 23.2 Å². The van der Waals surface area contributed by atoms with E-state index in [-0.39, 0.29) is 23.7 Å². The number of alkyl halides is 3. The van der Waals surface area contributed by atoms with Gasteiger partial charge in [0.25, 0.3) is 0 Å². The van der Waals surface area contributed by atoms with Crippen molar-refractivity contribution in [3.8, 4) is 0 Å². The second-order valence-corrected chi connectivity index (χ2v) is 10.4. The van der Waals surface area contributed by atoms with E-state index in [9.17, 15) is 31.2 Å². The average molecular weight is 554 g/mol. The Bertz CT molecular complexity index is 1190. The molecule has 1 unspecified atom stereocenters. The molecule has 0 radical (unpaired) electrons. The van der Waals surface area contributed by atoms with Gasteiger partial charge in [0.05, 0.1) is 17.5 Å². The van der Waals surface area contributed by atoms with E-state index in [1.807, 2.05) is 0 Å². The minimum atomic E-state index is -4.72. The molecule has 35 heavy (non-hydrogen) atoms. The van der Waals surface area contributed by atoms with Gasteiger partial charge in [-0.3, -0.25) is 13.9 Å². The lowest BCUT2D eigenvalue weighted by Gasteiger charge is -2.32. The fourth-order valence-electron chi connectivity index (χ4n) is 3.37. The number of likely N-dealkylation sites (N-methyl/N-ethyl adjacent to an activating group) is 1. The molecule has 13 heteroatoms. The predicted octanol–water partition coefficient (Wildman–Crippen LogP) is 4.33. The molecule has 0 bridgehead atoms. The summed E-state index contributed by atoms with van der Waals surface area (Å²) in [6.45, 7) is 0.657. The lowest BCUT2D eigenvalue weighted by molar-refractivity contribution is -0.140. The van der Waals surface area contributed by atoms with Gasteiger partial charge in [-0.15, -0.1) is 0 Å². The summed E-state index contributed by atoms with van der Waals surface area (Å²) in [7, 11) is -2.80. The number of halogens is 5. The number of hydrogen-bond donors (Lipinski definition) is 1. The summed E-state index contributed by atoms with van der Waals surface area (Å²) in [5.41, 5.74) is -0.970. The lowest BCUT2D eigenvalue weighted by Crippen LogP contribution is -2.51. The van der Waals surface area contributed by atoms with Gasteiger partial charge < -0.3 is 10.2 Å². The second kappa shape index (κ2) is 11.5. The lowest BCUT2D eigenvalue weighted by atomic mass is 10.1. The van der Waals surface area contributed by atoms with E-state index < -0.39 is 46.2 Å². The number of benzene rings is 2. The Morgan fingerprint density at radius 3 is 2.29 bits per heavy atom. The first-order valence-corrected chi connectivity index (χ1v) is 12.9. The van der Waals surface area contributed by atoms with Crippen LogP contribution in [0.15, 0.2) is 42.5 Å². The molecule has 2 aromatic carbocycles. The maximum Gasteiger partial charge on any atom is 0.416 e. The van der Waals surface area contributed by atoms with Crippen LogP contribution < -0.4 is 9.62 Å². The van der Waals surface area contributed by atoms with Gasteiger partial charge in [-0.25, -0.2) is 8.42 Å². The van der Waals surface area contributed by atoms with Gasteiger partial charge in [0, 0.05) is 23.6 Å². The van der Waals surface area contributed by atoms with Gasteiger partial charge in [0.2, 0.25) is 21.8 Å². The quantitative estimate of drug-likeness (QED) is 0.500. The van der Waals surface area contributed by atoms with Crippen molar-refractivity contribution in [3.05, 3.63) is 63.6 Å². The predicted molar refractivity (Wildman–Crippen MR) is 129 cm³/mol. The minimum Gasteiger partial charge on any atom is -0.357 e. The highest BCUT2D eigenvalue weighted by atomic mass is 35.5. The van der Waals surface area contributed by atoms with Crippen LogP contribution in [-0.4, -0.2) is 51.0 Å². The monoisotopic (exact) mass is 553 g/mol. The molecule has 0 heterocycles. The Kier molecular flexibility index (Phi) is 9.43. The third-order valence-electron chi connectivity index (χ3n) is 5.13. The Morgan fingerprint density at radius 2 is 1.77 bits per heavy atom. The molecular formula is C22H24Cl2F3N3O4S. The highest BCUT2D eigenvalue weighted by Crippen LogP contribution is 2.32. The zero-order valence-electron chi connectivity index (χ0n) is 19.1. The number of nitrogens with zero attached hydrogens (tertiary/aromatic N) is 2. The number of carbonyl (C=O) groups excluding carboxylic acids is 2. The van der Waals surface area contributed by atoms with Crippen molar-refractivity contribution in [2.24, 2.45) is 0 Å². The molecule has 1 atom stereocenters. The van der Waals surface area contributed by atoms with E-state index in [1.54, 1.807) is 13.0 Å². The Labute approximate surface area is 211 Å². The van der Waals surface area contributed by atoms with E-state index >= 15 is 0 Å². The molecule has 0 saturated heterocycles. The van der Waals surface area contributed by atoms with Crippen molar-refractivity contribution < 1.29 is 31.2 Å². The summed E-state index contributed by atoms with van der Waals surface area (Å²) < 4.78 is 65.1. The van der Waals surface area contributed by atoms with Crippen molar-refractivity contribution in [2.45, 2.75) is 32.1 Å². The van der Waals surface area contributed by atoms with E-state index in [2.05, 4.69) is 5.32 Å². The first-order valence-electron chi connectivity index (χ1n) is 10.3. The van der Waals surface area contributed by atoms with Crippen LogP contribution in [0, 0.1) is 0 Å². The topological polar surface area (TPSA) is 86.8 Å². The molecule has 2 amide bonds. The van der Waals surface area contributed by atoms with Crippen LogP contribution in [-0.2, 0) is 32.3 Å². The summed E-state index contributed by atoms with van der Waals surface area (Å²) in [5.74, 6) is -1.31. The summed E-state index contributed by atoms with van der Waals surface area (Å²) >= 11 is 12.2. The first-order chi connectivity index (χ1) is 16.2. The highest BCUT2D eigenvalue weighted by molar-refractivity contribution is 7.92. The van der Waals surface area contributed by atoms with Gasteiger partial charge in [-0.05, 0) is 42.3 Å². The fraction of sp³-hybridized carbons (Fsp3) is 0.364. The van der Waals surface area contributed by atoms with Gasteiger partial charge in [0.15, 0.2) is 0 Å². The molecule has 192 valence electrons. The molecule has 0 spiro atoms. The van der Waals surface area contributed by atoms with Crippen molar-refractivity contribution in [1.82, 2.24) is 10.2 Å². The molecule has 1 N–H and O–H groups in total. The smallest absolute Gasteiger partial charge is 0.357 e. The SMILES string of the molecule is CCC(C(=O)NC)N(Cc1ccc(Cl)cc1Cl)C(=O)CN(c1cccc(C(F)(F)F)c1)S(C)(=O)=O. The Hall–Kier alpha value is -2.50. The number of sulfonamides is 1. The Balaban J connectivity index is 2.51. The number of nitrogens with one attached hydrogen (secondary N) is 1. The summed E-state index contributed by atoms with van der Waals surface area (Å²) in [5, 5.41) is 3.03. The van der Waals surface area contributed by atoms with E-state index in [1.165, 1.54) is 19.2 Å². The number of amides is 2. The molecule has 0 fully saturated rings. The molecule has 0 saturated carbocycles. The van der Waals surface area contributed by atoms with E-state index in [0.29, 0.717) is 21.0 Å². The molecule has 0 aliphatic carbocycles. The first kappa shape index (κ1) is 28.7.